The van der Waals surface area contributed by atoms with Crippen molar-refractivity contribution in [2.75, 3.05) is 26.4 Å². The van der Waals surface area contributed by atoms with E-state index in [2.05, 4.69) is 26.8 Å². The van der Waals surface area contributed by atoms with Gasteiger partial charge in [-0.1, -0.05) is 46.3 Å². The number of rotatable bonds is 16. The fraction of sp³-hybridized carbons (Fsp3) is 0.417. The molecule has 10 nitrogen and oxygen atoms in total. The molecule has 0 aromatic heterocycles. The Morgan fingerprint density at radius 3 is 2.43 bits per heavy atom. The maximum atomic E-state index is 14.3. The third-order valence-corrected chi connectivity index (χ3v) is 7.86. The summed E-state index contributed by atoms with van der Waals surface area (Å²) in [7, 11) is 0. The Morgan fingerprint density at radius 1 is 1.02 bits per heavy atom. The average molecular weight is 711 g/mol. The third kappa shape index (κ3) is 10.0. The molecule has 0 unspecified atom stereocenters. The lowest BCUT2D eigenvalue weighted by atomic mass is 9.83. The SMILES string of the molecule is CCOc1ccccc1CCNNC(=O)[C@@]1(CCC(=O)OC(C)(C)C)N=C(c2ccc(OCCCO)cc2)O[C@H]1c1ccc(Br)cc1. The molecule has 0 radical (unpaired) electrons. The van der Waals surface area contributed by atoms with Crippen molar-refractivity contribution in [2.45, 2.75) is 70.6 Å². The number of benzene rings is 3. The van der Waals surface area contributed by atoms with Crippen molar-refractivity contribution in [1.29, 1.82) is 0 Å². The highest BCUT2D eigenvalue weighted by Gasteiger charge is 2.53. The molecule has 0 bridgehead atoms. The normalized spacial score (nSPS) is 17.4. The van der Waals surface area contributed by atoms with E-state index in [1.54, 1.807) is 32.9 Å². The van der Waals surface area contributed by atoms with Crippen LogP contribution in [-0.2, 0) is 25.5 Å². The van der Waals surface area contributed by atoms with Gasteiger partial charge < -0.3 is 24.1 Å². The molecule has 3 N–H and O–H groups in total. The van der Waals surface area contributed by atoms with Gasteiger partial charge >= 0.3 is 5.97 Å². The Bertz CT molecular complexity index is 1510. The molecule has 0 saturated heterocycles. The summed E-state index contributed by atoms with van der Waals surface area (Å²) in [6.45, 7) is 8.76. The summed E-state index contributed by atoms with van der Waals surface area (Å²) >= 11 is 3.49. The predicted octanol–water partition coefficient (Wildman–Crippen LogP) is 5.85. The van der Waals surface area contributed by atoms with Crippen molar-refractivity contribution < 1.29 is 33.6 Å². The van der Waals surface area contributed by atoms with E-state index in [9.17, 15) is 9.59 Å². The van der Waals surface area contributed by atoms with E-state index in [4.69, 9.17) is 29.0 Å². The Labute approximate surface area is 285 Å². The number of carbonyl (C=O) groups excluding carboxylic acids is 2. The van der Waals surface area contributed by atoms with Crippen LogP contribution in [0.15, 0.2) is 82.3 Å². The monoisotopic (exact) mass is 709 g/mol. The Morgan fingerprint density at radius 2 is 1.74 bits per heavy atom. The van der Waals surface area contributed by atoms with E-state index < -0.39 is 29.1 Å². The van der Waals surface area contributed by atoms with E-state index in [0.29, 0.717) is 43.9 Å². The number of aliphatic hydroxyl groups is 1. The second-order valence-corrected chi connectivity index (χ2v) is 13.0. The van der Waals surface area contributed by atoms with Crippen molar-refractivity contribution >= 4 is 33.7 Å². The maximum Gasteiger partial charge on any atom is 0.306 e. The standard InChI is InChI=1S/C36H44BrN3O7/c1-5-44-30-10-7-6-9-25(30)20-22-38-40-34(43)36(21-19-31(42)47-35(2,3)4)32(26-11-15-28(37)16-12-26)46-33(39-36)27-13-17-29(18-14-27)45-24-8-23-41/h6-7,9-18,32,38,41H,5,8,19-24H2,1-4H3,(H,40,43)/t32-,36-/m0/s1. The molecule has 3 aromatic rings. The average Bonchev–Trinajstić information content (AvgIpc) is 3.44. The van der Waals surface area contributed by atoms with Crippen LogP contribution in [0.2, 0.25) is 0 Å². The van der Waals surface area contributed by atoms with Crippen LogP contribution in [0.3, 0.4) is 0 Å². The quantitative estimate of drug-likeness (QED) is 0.0961. The molecular weight excluding hydrogens is 666 g/mol. The van der Waals surface area contributed by atoms with E-state index >= 15 is 0 Å². The molecule has 0 aliphatic carbocycles. The van der Waals surface area contributed by atoms with Gasteiger partial charge in [0.1, 0.15) is 17.1 Å². The van der Waals surface area contributed by atoms with Gasteiger partial charge in [0.15, 0.2) is 11.6 Å². The maximum absolute atomic E-state index is 14.3. The first kappa shape index (κ1) is 35.9. The van der Waals surface area contributed by atoms with Gasteiger partial charge in [-0.3, -0.25) is 15.0 Å². The van der Waals surface area contributed by atoms with Gasteiger partial charge in [0.05, 0.1) is 13.2 Å². The van der Waals surface area contributed by atoms with Gasteiger partial charge in [0, 0.05) is 36.0 Å². The first-order valence-corrected chi connectivity index (χ1v) is 16.7. The van der Waals surface area contributed by atoms with Crippen molar-refractivity contribution in [2.24, 2.45) is 4.99 Å². The zero-order valence-electron chi connectivity index (χ0n) is 27.4. The molecule has 0 spiro atoms. The zero-order chi connectivity index (χ0) is 33.9. The molecular formula is C36H44BrN3O7. The molecule has 1 heterocycles. The number of amides is 1. The van der Waals surface area contributed by atoms with Gasteiger partial charge in [-0.05, 0) is 94.1 Å². The van der Waals surface area contributed by atoms with E-state index in [-0.39, 0.29) is 25.3 Å². The van der Waals surface area contributed by atoms with E-state index in [0.717, 1.165) is 21.3 Å². The number of nitrogens with zero attached hydrogens (tertiary/aromatic N) is 1. The predicted molar refractivity (Wildman–Crippen MR) is 183 cm³/mol. The molecule has 11 heteroatoms. The van der Waals surface area contributed by atoms with Crippen molar-refractivity contribution in [1.82, 2.24) is 10.9 Å². The number of hydrogen-bond donors (Lipinski definition) is 3. The number of ether oxygens (including phenoxy) is 4. The van der Waals surface area contributed by atoms with Gasteiger partial charge in [-0.25, -0.2) is 10.4 Å². The zero-order valence-corrected chi connectivity index (χ0v) is 29.0. The molecule has 252 valence electrons. The topological polar surface area (TPSA) is 128 Å². The highest BCUT2D eigenvalue weighted by molar-refractivity contribution is 9.10. The van der Waals surface area contributed by atoms with Crippen molar-refractivity contribution in [3.63, 3.8) is 0 Å². The summed E-state index contributed by atoms with van der Waals surface area (Å²) in [5.41, 5.74) is 6.11. The fourth-order valence-electron chi connectivity index (χ4n) is 5.15. The van der Waals surface area contributed by atoms with Gasteiger partial charge in [-0.2, -0.15) is 0 Å². The summed E-state index contributed by atoms with van der Waals surface area (Å²) < 4.78 is 24.4. The molecule has 1 aliphatic heterocycles. The lowest BCUT2D eigenvalue weighted by Crippen LogP contribution is -2.53. The molecule has 0 fully saturated rings. The molecule has 0 saturated carbocycles. The van der Waals surface area contributed by atoms with Crippen LogP contribution in [0, 0.1) is 0 Å². The Balaban J connectivity index is 1.63. The highest BCUT2D eigenvalue weighted by Crippen LogP contribution is 2.43. The van der Waals surface area contributed by atoms with Crippen LogP contribution >= 0.6 is 15.9 Å². The highest BCUT2D eigenvalue weighted by atomic mass is 79.9. The second kappa shape index (κ2) is 16.8. The minimum atomic E-state index is -1.51. The van der Waals surface area contributed by atoms with Gasteiger partial charge in [0.25, 0.3) is 5.91 Å². The van der Waals surface area contributed by atoms with Crippen LogP contribution in [0.5, 0.6) is 11.5 Å². The van der Waals surface area contributed by atoms with Crippen LogP contribution < -0.4 is 20.3 Å². The minimum Gasteiger partial charge on any atom is -0.494 e. The molecule has 2 atom stereocenters. The van der Waals surface area contributed by atoms with Crippen LogP contribution in [0.25, 0.3) is 0 Å². The van der Waals surface area contributed by atoms with E-state index in [1.807, 2.05) is 67.6 Å². The number of esters is 1. The Kier molecular flexibility index (Phi) is 12.8. The number of nitrogens with one attached hydrogen (secondary N) is 2. The summed E-state index contributed by atoms with van der Waals surface area (Å²) in [6, 6.07) is 22.5. The number of aliphatic hydroxyl groups excluding tert-OH is 1. The number of halogens is 1. The van der Waals surface area contributed by atoms with Crippen LogP contribution in [-0.4, -0.2) is 60.4 Å². The smallest absolute Gasteiger partial charge is 0.306 e. The summed E-state index contributed by atoms with van der Waals surface area (Å²) in [5, 5.41) is 9.06. The number of hydrogen-bond acceptors (Lipinski definition) is 9. The first-order valence-electron chi connectivity index (χ1n) is 15.9. The van der Waals surface area contributed by atoms with Crippen LogP contribution in [0.4, 0.5) is 0 Å². The molecule has 47 heavy (non-hydrogen) atoms. The third-order valence-electron chi connectivity index (χ3n) is 7.33. The van der Waals surface area contributed by atoms with Crippen LogP contribution in [0.1, 0.15) is 69.8 Å². The molecule has 1 aliphatic rings. The lowest BCUT2D eigenvalue weighted by Gasteiger charge is -2.31. The largest absolute Gasteiger partial charge is 0.494 e. The second-order valence-electron chi connectivity index (χ2n) is 12.1. The van der Waals surface area contributed by atoms with Crippen molar-refractivity contribution in [3.05, 3.63) is 94.0 Å². The molecule has 4 rings (SSSR count). The lowest BCUT2D eigenvalue weighted by molar-refractivity contribution is -0.155. The summed E-state index contributed by atoms with van der Waals surface area (Å²) in [6.07, 6.45) is 0.269. The van der Waals surface area contributed by atoms with Gasteiger partial charge in [-0.15, -0.1) is 0 Å². The van der Waals surface area contributed by atoms with E-state index in [1.165, 1.54) is 0 Å². The summed E-state index contributed by atoms with van der Waals surface area (Å²) in [4.78, 5) is 32.2. The number of aliphatic imine (C=N–C) groups is 1. The molecule has 3 aromatic carbocycles. The molecule has 1 amide bonds. The number of para-hydroxylation sites is 1. The fourth-order valence-corrected chi connectivity index (χ4v) is 5.41. The minimum absolute atomic E-state index is 0.0369. The summed E-state index contributed by atoms with van der Waals surface area (Å²) in [5.74, 6) is 0.827. The van der Waals surface area contributed by atoms with Crippen molar-refractivity contribution in [3.8, 4) is 11.5 Å². The number of carbonyl (C=O) groups is 2. The Hall–Kier alpha value is -3.93. The number of hydrazine groups is 1. The van der Waals surface area contributed by atoms with Gasteiger partial charge in [0.2, 0.25) is 5.90 Å². The first-order chi connectivity index (χ1) is 22.5.